The van der Waals surface area contributed by atoms with Gasteiger partial charge in [-0.2, -0.15) is 0 Å². The van der Waals surface area contributed by atoms with E-state index < -0.39 is 0 Å². The molecule has 0 fully saturated rings. The number of hydrogen-bond donors (Lipinski definition) is 0. The van der Waals surface area contributed by atoms with Gasteiger partial charge in [0.15, 0.2) is 5.75 Å². The summed E-state index contributed by atoms with van der Waals surface area (Å²) >= 11 is 0. The molecule has 1 aliphatic carbocycles. The summed E-state index contributed by atoms with van der Waals surface area (Å²) in [4.78, 5) is 18.7. The van der Waals surface area contributed by atoms with Crippen molar-refractivity contribution >= 4 is 0 Å². The second-order valence-corrected chi connectivity index (χ2v) is 4.56. The fourth-order valence-corrected chi connectivity index (χ4v) is 1.95. The molecule has 6 heteroatoms. The molecule has 1 unspecified atom stereocenters. The summed E-state index contributed by atoms with van der Waals surface area (Å²) in [6.45, 7) is 5.46. The van der Waals surface area contributed by atoms with E-state index in [0.717, 1.165) is 5.69 Å². The molecule has 100 valence electrons. The zero-order valence-corrected chi connectivity index (χ0v) is 11.1. The van der Waals surface area contributed by atoms with Crippen LogP contribution in [0.1, 0.15) is 24.9 Å². The van der Waals surface area contributed by atoms with E-state index in [-0.39, 0.29) is 16.5 Å². The Labute approximate surface area is 111 Å². The van der Waals surface area contributed by atoms with Crippen LogP contribution in [0.4, 0.5) is 0 Å². The quantitative estimate of drug-likeness (QED) is 0.617. The van der Waals surface area contributed by atoms with E-state index in [1.54, 1.807) is 12.3 Å². The molecule has 0 spiro atoms. The number of ether oxygens (including phenoxy) is 1. The maximum Gasteiger partial charge on any atom is 0.249 e. The van der Waals surface area contributed by atoms with Gasteiger partial charge in [0.2, 0.25) is 5.70 Å². The van der Waals surface area contributed by atoms with Crippen LogP contribution in [0.5, 0.6) is 5.75 Å². The SMILES string of the molecule is Cc1ncc(OC2=CC=C([N+](=O)[O-])C(C)C2)c(C)n1. The van der Waals surface area contributed by atoms with E-state index in [4.69, 9.17) is 4.74 Å². The highest BCUT2D eigenvalue weighted by Crippen LogP contribution is 2.27. The lowest BCUT2D eigenvalue weighted by Gasteiger charge is -2.17. The van der Waals surface area contributed by atoms with Crippen molar-refractivity contribution in [3.63, 3.8) is 0 Å². The van der Waals surface area contributed by atoms with E-state index in [0.29, 0.717) is 23.8 Å². The van der Waals surface area contributed by atoms with Gasteiger partial charge in [0.05, 0.1) is 22.7 Å². The van der Waals surface area contributed by atoms with Crippen LogP contribution < -0.4 is 4.74 Å². The van der Waals surface area contributed by atoms with Gasteiger partial charge < -0.3 is 4.74 Å². The highest BCUT2D eigenvalue weighted by atomic mass is 16.6. The van der Waals surface area contributed by atoms with Crippen molar-refractivity contribution in [3.05, 3.63) is 51.4 Å². The van der Waals surface area contributed by atoms with Gasteiger partial charge in [0.25, 0.3) is 0 Å². The largest absolute Gasteiger partial charge is 0.458 e. The van der Waals surface area contributed by atoms with Gasteiger partial charge >= 0.3 is 0 Å². The molecule has 2 rings (SSSR count). The molecule has 1 heterocycles. The van der Waals surface area contributed by atoms with Crippen molar-refractivity contribution in [1.82, 2.24) is 9.97 Å². The number of hydrogen-bond acceptors (Lipinski definition) is 5. The summed E-state index contributed by atoms with van der Waals surface area (Å²) in [5.74, 6) is 1.80. The standard InChI is InChI=1S/C13H15N3O3/c1-8-6-11(4-5-12(8)16(17)18)19-13-7-14-10(3)15-9(13)2/h4-5,7-8H,6H2,1-3H3. The van der Waals surface area contributed by atoms with Crippen molar-refractivity contribution < 1.29 is 9.66 Å². The topological polar surface area (TPSA) is 78.2 Å². The summed E-state index contributed by atoms with van der Waals surface area (Å²) in [6, 6.07) is 0. The minimum Gasteiger partial charge on any atom is -0.458 e. The Hall–Kier alpha value is -2.24. The summed E-state index contributed by atoms with van der Waals surface area (Å²) < 4.78 is 5.71. The third kappa shape index (κ3) is 2.96. The Morgan fingerprint density at radius 2 is 2.16 bits per heavy atom. The van der Waals surface area contributed by atoms with Crippen LogP contribution in [-0.2, 0) is 0 Å². The molecular weight excluding hydrogens is 246 g/mol. The first kappa shape index (κ1) is 13.2. The van der Waals surface area contributed by atoms with Crippen LogP contribution in [0.15, 0.2) is 29.8 Å². The maximum absolute atomic E-state index is 10.8. The van der Waals surface area contributed by atoms with Gasteiger partial charge in [-0.3, -0.25) is 10.1 Å². The van der Waals surface area contributed by atoms with Crippen LogP contribution in [0, 0.1) is 29.9 Å². The number of aromatic nitrogens is 2. The fraction of sp³-hybridized carbons (Fsp3) is 0.385. The normalized spacial score (nSPS) is 18.6. The monoisotopic (exact) mass is 261 g/mol. The molecule has 1 atom stereocenters. The number of rotatable bonds is 3. The van der Waals surface area contributed by atoms with Crippen molar-refractivity contribution in [2.75, 3.05) is 0 Å². The molecule has 0 amide bonds. The van der Waals surface area contributed by atoms with E-state index in [1.807, 2.05) is 20.8 Å². The predicted molar refractivity (Wildman–Crippen MR) is 69.1 cm³/mol. The fourth-order valence-electron chi connectivity index (χ4n) is 1.95. The van der Waals surface area contributed by atoms with Gasteiger partial charge in [-0.25, -0.2) is 9.97 Å². The minimum absolute atomic E-state index is 0.165. The molecule has 0 bridgehead atoms. The molecule has 1 aromatic heterocycles. The molecule has 0 saturated carbocycles. The van der Waals surface area contributed by atoms with Gasteiger partial charge in [-0.05, 0) is 19.9 Å². The van der Waals surface area contributed by atoms with Crippen molar-refractivity contribution in [1.29, 1.82) is 0 Å². The second-order valence-electron chi connectivity index (χ2n) is 4.56. The number of nitro groups is 1. The smallest absolute Gasteiger partial charge is 0.249 e. The van der Waals surface area contributed by atoms with Crippen LogP contribution in [0.25, 0.3) is 0 Å². The van der Waals surface area contributed by atoms with Crippen LogP contribution in [0.2, 0.25) is 0 Å². The second kappa shape index (κ2) is 5.17. The zero-order valence-electron chi connectivity index (χ0n) is 11.1. The Kier molecular flexibility index (Phi) is 3.59. The first-order valence-electron chi connectivity index (χ1n) is 6.00. The summed E-state index contributed by atoms with van der Waals surface area (Å²) in [5.41, 5.74) is 0.967. The Morgan fingerprint density at radius 1 is 1.42 bits per heavy atom. The molecule has 0 N–H and O–H groups in total. The first-order chi connectivity index (χ1) is 8.97. The van der Waals surface area contributed by atoms with Crippen molar-refractivity contribution in [3.8, 4) is 5.75 Å². The minimum atomic E-state index is -0.349. The first-order valence-corrected chi connectivity index (χ1v) is 6.00. The highest BCUT2D eigenvalue weighted by molar-refractivity contribution is 5.28. The molecule has 6 nitrogen and oxygen atoms in total. The average Bonchev–Trinajstić information content (AvgIpc) is 2.32. The van der Waals surface area contributed by atoms with E-state index in [9.17, 15) is 10.1 Å². The van der Waals surface area contributed by atoms with Gasteiger partial charge in [0.1, 0.15) is 11.6 Å². The van der Waals surface area contributed by atoms with Crippen LogP contribution in [-0.4, -0.2) is 14.9 Å². The predicted octanol–water partition coefficient (Wildman–Crippen LogP) is 2.56. The third-order valence-corrected chi connectivity index (χ3v) is 2.96. The molecule has 0 aliphatic heterocycles. The number of aryl methyl sites for hydroxylation is 2. The van der Waals surface area contributed by atoms with E-state index >= 15 is 0 Å². The van der Waals surface area contributed by atoms with Crippen molar-refractivity contribution in [2.24, 2.45) is 5.92 Å². The lowest BCUT2D eigenvalue weighted by Crippen LogP contribution is -2.15. The Bertz CT molecular complexity index is 578. The molecule has 1 aromatic rings. The zero-order chi connectivity index (χ0) is 14.0. The van der Waals surface area contributed by atoms with Crippen molar-refractivity contribution in [2.45, 2.75) is 27.2 Å². The lowest BCUT2D eigenvalue weighted by atomic mass is 9.98. The molecule has 1 aliphatic rings. The maximum atomic E-state index is 10.8. The van der Waals surface area contributed by atoms with E-state index in [2.05, 4.69) is 9.97 Å². The molecule has 0 aromatic carbocycles. The van der Waals surface area contributed by atoms with E-state index in [1.165, 1.54) is 6.08 Å². The molecular formula is C13H15N3O3. The van der Waals surface area contributed by atoms with Gasteiger partial charge in [0, 0.05) is 12.5 Å². The Morgan fingerprint density at radius 3 is 2.74 bits per heavy atom. The Balaban J connectivity index is 2.19. The molecule has 0 saturated heterocycles. The summed E-state index contributed by atoms with van der Waals surface area (Å²) in [5, 5.41) is 10.8. The van der Waals surface area contributed by atoms with Gasteiger partial charge in [-0.1, -0.05) is 6.92 Å². The number of nitrogens with zero attached hydrogens (tertiary/aromatic N) is 3. The van der Waals surface area contributed by atoms with Crippen LogP contribution >= 0.6 is 0 Å². The third-order valence-electron chi connectivity index (χ3n) is 2.96. The average molecular weight is 261 g/mol. The van der Waals surface area contributed by atoms with Crippen LogP contribution in [0.3, 0.4) is 0 Å². The van der Waals surface area contributed by atoms with Gasteiger partial charge in [-0.15, -0.1) is 0 Å². The molecule has 0 radical (unpaired) electrons. The number of allylic oxidation sites excluding steroid dienone is 4. The lowest BCUT2D eigenvalue weighted by molar-refractivity contribution is -0.433. The summed E-state index contributed by atoms with van der Waals surface area (Å²) in [7, 11) is 0. The molecule has 19 heavy (non-hydrogen) atoms. The highest BCUT2D eigenvalue weighted by Gasteiger charge is 2.25. The summed E-state index contributed by atoms with van der Waals surface area (Å²) in [6.07, 6.45) is 5.25.